The second-order valence-corrected chi connectivity index (χ2v) is 5.23. The Morgan fingerprint density at radius 2 is 2.18 bits per heavy atom. The Hall–Kier alpha value is -1.19. The maximum atomic E-state index is 11.9. The van der Waals surface area contributed by atoms with Crippen molar-refractivity contribution in [3.8, 4) is 0 Å². The van der Waals surface area contributed by atoms with Crippen molar-refractivity contribution in [3.63, 3.8) is 0 Å². The van der Waals surface area contributed by atoms with Gasteiger partial charge in [0, 0.05) is 20.4 Å². The highest BCUT2D eigenvalue weighted by Gasteiger charge is 2.17. The van der Waals surface area contributed by atoms with Gasteiger partial charge < -0.3 is 16.4 Å². The highest BCUT2D eigenvalue weighted by Crippen LogP contribution is 2.17. The topological polar surface area (TPSA) is 94.1 Å². The van der Waals surface area contributed by atoms with Crippen molar-refractivity contribution in [3.05, 3.63) is 10.4 Å². The van der Waals surface area contributed by atoms with Crippen molar-refractivity contribution < 1.29 is 4.21 Å². The first-order chi connectivity index (χ1) is 7.93. The molecule has 0 aliphatic carbocycles. The molecule has 4 N–H and O–H groups in total. The van der Waals surface area contributed by atoms with Gasteiger partial charge in [0.05, 0.1) is 17.5 Å². The van der Waals surface area contributed by atoms with Crippen LogP contribution in [0.15, 0.2) is 4.79 Å². The van der Waals surface area contributed by atoms with Crippen LogP contribution in [-0.4, -0.2) is 31.2 Å². The van der Waals surface area contributed by atoms with E-state index in [1.54, 1.807) is 14.1 Å². The van der Waals surface area contributed by atoms with E-state index in [0.717, 1.165) is 0 Å². The molecule has 0 aliphatic heterocycles. The molecule has 96 valence electrons. The van der Waals surface area contributed by atoms with E-state index >= 15 is 0 Å². The predicted molar refractivity (Wildman–Crippen MR) is 73.7 cm³/mol. The number of hydrogen-bond donors (Lipinski definition) is 3. The van der Waals surface area contributed by atoms with Crippen molar-refractivity contribution in [1.82, 2.24) is 9.36 Å². The minimum Gasteiger partial charge on any atom is -0.381 e. The van der Waals surface area contributed by atoms with E-state index in [1.165, 1.54) is 15.6 Å². The van der Waals surface area contributed by atoms with Crippen LogP contribution in [0, 0.1) is 0 Å². The summed E-state index contributed by atoms with van der Waals surface area (Å²) in [5.74, 6) is 0.447. The van der Waals surface area contributed by atoms with Crippen LogP contribution in [0.1, 0.15) is 0 Å². The molecule has 0 radical (unpaired) electrons. The molecule has 0 aromatic carbocycles. The van der Waals surface area contributed by atoms with E-state index in [9.17, 15) is 9.00 Å². The third kappa shape index (κ3) is 2.56. The van der Waals surface area contributed by atoms with E-state index in [4.69, 9.17) is 18.0 Å². The Kier molecular flexibility index (Phi) is 4.43. The van der Waals surface area contributed by atoms with E-state index in [2.05, 4.69) is 10.6 Å². The Morgan fingerprint density at radius 3 is 2.59 bits per heavy atom. The van der Waals surface area contributed by atoms with Crippen LogP contribution in [0.25, 0.3) is 0 Å². The van der Waals surface area contributed by atoms with Crippen LogP contribution in [0.2, 0.25) is 0 Å². The molecule has 17 heavy (non-hydrogen) atoms. The first kappa shape index (κ1) is 13.9. The number of rotatable bonds is 3. The van der Waals surface area contributed by atoms with E-state index < -0.39 is 10.8 Å². The zero-order chi connectivity index (χ0) is 13.2. The van der Waals surface area contributed by atoms with Gasteiger partial charge in [0.25, 0.3) is 5.56 Å². The van der Waals surface area contributed by atoms with Crippen LogP contribution in [0.5, 0.6) is 0 Å². The monoisotopic (exact) mass is 277 g/mol. The molecule has 0 saturated heterocycles. The third-order valence-corrected chi connectivity index (χ3v) is 3.71. The summed E-state index contributed by atoms with van der Waals surface area (Å²) in [7, 11) is 1.99. The number of hydrogen-bond acceptors (Lipinski definition) is 5. The summed E-state index contributed by atoms with van der Waals surface area (Å²) in [5.41, 5.74) is 5.55. The lowest BCUT2D eigenvalue weighted by atomic mass is 10.5. The number of nitrogens with two attached hydrogens (primary N) is 1. The largest absolute Gasteiger partial charge is 0.381 e. The Morgan fingerprint density at radius 1 is 1.59 bits per heavy atom. The number of anilines is 2. The average molecular weight is 277 g/mol. The molecule has 0 bridgehead atoms. The van der Waals surface area contributed by atoms with Gasteiger partial charge in [-0.25, -0.2) is 4.68 Å². The molecule has 0 fully saturated rings. The van der Waals surface area contributed by atoms with E-state index in [0.29, 0.717) is 11.5 Å². The molecular formula is C8H15N5O2S2. The molecule has 1 aromatic rings. The molecule has 1 unspecified atom stereocenters. The maximum absolute atomic E-state index is 11.9. The first-order valence-electron chi connectivity index (χ1n) is 4.76. The lowest BCUT2D eigenvalue weighted by molar-refractivity contribution is 0.513. The fraction of sp³-hybridized carbons (Fsp3) is 0.500. The standard InChI is InChI=1S/C8H15N5O2S2/c1-10-5-6(11-8(16)17(3)15)12(2)13(4-9)7(5)14/h10H,4,9H2,1-3H3,(H,11,16). The highest BCUT2D eigenvalue weighted by molar-refractivity contribution is 8.13. The SMILES string of the molecule is CNc1c(NC(=S)S(C)=O)n(C)n(CN)c1=O. The van der Waals surface area contributed by atoms with Crippen LogP contribution < -0.4 is 21.9 Å². The zero-order valence-corrected chi connectivity index (χ0v) is 11.4. The fourth-order valence-electron chi connectivity index (χ4n) is 1.39. The van der Waals surface area contributed by atoms with Crippen molar-refractivity contribution >= 4 is 38.8 Å². The smallest absolute Gasteiger partial charge is 0.293 e. The van der Waals surface area contributed by atoms with Crippen LogP contribution in [0.4, 0.5) is 11.5 Å². The minimum atomic E-state index is -1.29. The molecule has 1 heterocycles. The molecule has 1 aromatic heterocycles. The molecule has 0 spiro atoms. The van der Waals surface area contributed by atoms with Gasteiger partial charge in [-0.3, -0.25) is 13.7 Å². The normalized spacial score (nSPS) is 12.2. The summed E-state index contributed by atoms with van der Waals surface area (Å²) < 4.78 is 14.2. The van der Waals surface area contributed by atoms with Crippen molar-refractivity contribution in [1.29, 1.82) is 0 Å². The molecule has 9 heteroatoms. The van der Waals surface area contributed by atoms with Gasteiger partial charge in [0.2, 0.25) is 0 Å². The summed E-state index contributed by atoms with van der Waals surface area (Å²) >= 11 is 4.92. The van der Waals surface area contributed by atoms with Gasteiger partial charge >= 0.3 is 0 Å². The van der Waals surface area contributed by atoms with Crippen LogP contribution in [-0.2, 0) is 24.5 Å². The number of thiocarbonyl (C=S) groups is 1. The Balaban J connectivity index is 3.28. The molecule has 1 rings (SSSR count). The Labute approximate surface area is 106 Å². The van der Waals surface area contributed by atoms with Gasteiger partial charge in [-0.2, -0.15) is 0 Å². The fourth-order valence-corrected chi connectivity index (χ4v) is 1.73. The van der Waals surface area contributed by atoms with Gasteiger partial charge in [0.1, 0.15) is 5.69 Å². The summed E-state index contributed by atoms with van der Waals surface area (Å²) in [6.45, 7) is 0.0493. The van der Waals surface area contributed by atoms with Crippen molar-refractivity contribution in [2.45, 2.75) is 6.67 Å². The number of nitrogens with zero attached hydrogens (tertiary/aromatic N) is 2. The molecule has 0 saturated carbocycles. The molecule has 0 aliphatic rings. The van der Waals surface area contributed by atoms with Gasteiger partial charge in [-0.15, -0.1) is 0 Å². The van der Waals surface area contributed by atoms with Crippen LogP contribution >= 0.6 is 12.2 Å². The van der Waals surface area contributed by atoms with E-state index in [-0.39, 0.29) is 16.5 Å². The molecule has 1 atom stereocenters. The lowest BCUT2D eigenvalue weighted by Crippen LogP contribution is -2.26. The van der Waals surface area contributed by atoms with Crippen molar-refractivity contribution in [2.75, 3.05) is 23.9 Å². The lowest BCUT2D eigenvalue weighted by Gasteiger charge is -2.10. The van der Waals surface area contributed by atoms with Crippen molar-refractivity contribution in [2.24, 2.45) is 12.8 Å². The average Bonchev–Trinajstić information content (AvgIpc) is 2.50. The molecule has 7 nitrogen and oxygen atoms in total. The second-order valence-electron chi connectivity index (χ2n) is 3.25. The minimum absolute atomic E-state index is 0.0493. The molecule has 0 amide bonds. The second kappa shape index (κ2) is 5.43. The highest BCUT2D eigenvalue weighted by atomic mass is 32.2. The summed E-state index contributed by atoms with van der Waals surface area (Å²) in [5, 5.41) is 5.55. The Bertz CT molecular complexity index is 519. The number of nitrogens with one attached hydrogen (secondary N) is 2. The third-order valence-electron chi connectivity index (χ3n) is 2.28. The first-order valence-corrected chi connectivity index (χ1v) is 6.72. The zero-order valence-electron chi connectivity index (χ0n) is 9.81. The quantitative estimate of drug-likeness (QED) is 0.628. The summed E-state index contributed by atoms with van der Waals surface area (Å²) in [6, 6.07) is 0. The van der Waals surface area contributed by atoms with Gasteiger partial charge in [-0.1, -0.05) is 0 Å². The van der Waals surface area contributed by atoms with Gasteiger partial charge in [0.15, 0.2) is 10.1 Å². The maximum Gasteiger partial charge on any atom is 0.293 e. The van der Waals surface area contributed by atoms with Gasteiger partial charge in [-0.05, 0) is 12.2 Å². The van der Waals surface area contributed by atoms with Crippen LogP contribution in [0.3, 0.4) is 0 Å². The predicted octanol–water partition coefficient (Wildman–Crippen LogP) is -0.780. The van der Waals surface area contributed by atoms with E-state index in [1.807, 2.05) is 0 Å². The molecular weight excluding hydrogens is 262 g/mol. The number of aromatic nitrogens is 2. The summed E-state index contributed by atoms with van der Waals surface area (Å²) in [4.78, 5) is 11.9. The summed E-state index contributed by atoms with van der Waals surface area (Å²) in [6.07, 6.45) is 1.46.